The second kappa shape index (κ2) is 10.2. The van der Waals surface area contributed by atoms with Gasteiger partial charge in [-0.05, 0) is 42.5 Å². The summed E-state index contributed by atoms with van der Waals surface area (Å²) < 4.78 is 27.5. The largest absolute Gasteiger partial charge is 0.351 e. The predicted octanol–water partition coefficient (Wildman–Crippen LogP) is 3.46. The van der Waals surface area contributed by atoms with E-state index in [9.17, 15) is 18.0 Å². The summed E-state index contributed by atoms with van der Waals surface area (Å²) in [5.74, 6) is -0.515. The molecule has 1 aromatic carbocycles. The molecular formula is C21H27N3O4S2. The molecule has 2 aromatic rings. The smallest absolute Gasteiger partial charge is 0.252 e. The number of rotatable bonds is 8. The van der Waals surface area contributed by atoms with E-state index in [1.807, 2.05) is 5.38 Å². The quantitative estimate of drug-likeness (QED) is 0.645. The fraction of sp³-hybridized carbons (Fsp3) is 0.429. The summed E-state index contributed by atoms with van der Waals surface area (Å²) in [6.07, 6.45) is 5.09. The van der Waals surface area contributed by atoms with Crippen molar-refractivity contribution in [2.75, 3.05) is 18.9 Å². The van der Waals surface area contributed by atoms with Gasteiger partial charge in [0.15, 0.2) is 0 Å². The Morgan fingerprint density at radius 2 is 1.93 bits per heavy atom. The zero-order valence-corrected chi connectivity index (χ0v) is 18.6. The van der Waals surface area contributed by atoms with Crippen LogP contribution in [0.2, 0.25) is 0 Å². The van der Waals surface area contributed by atoms with Gasteiger partial charge in [0.1, 0.15) is 0 Å². The van der Waals surface area contributed by atoms with Crippen LogP contribution in [0.15, 0.2) is 46.0 Å². The van der Waals surface area contributed by atoms with Gasteiger partial charge in [-0.25, -0.2) is 8.42 Å². The minimum Gasteiger partial charge on any atom is -0.351 e. The van der Waals surface area contributed by atoms with Gasteiger partial charge in [-0.15, -0.1) is 0 Å². The van der Waals surface area contributed by atoms with Crippen molar-refractivity contribution in [1.29, 1.82) is 0 Å². The number of carbonyl (C=O) groups is 2. The maximum absolute atomic E-state index is 13.0. The van der Waals surface area contributed by atoms with Crippen LogP contribution in [0.3, 0.4) is 0 Å². The minimum atomic E-state index is -3.62. The number of carbonyl (C=O) groups excluding carboxylic acids is 2. The fourth-order valence-electron chi connectivity index (χ4n) is 3.55. The molecule has 162 valence electrons. The molecule has 0 unspecified atom stereocenters. The maximum atomic E-state index is 13.0. The monoisotopic (exact) mass is 449 g/mol. The van der Waals surface area contributed by atoms with Gasteiger partial charge < -0.3 is 10.6 Å². The third-order valence-corrected chi connectivity index (χ3v) is 7.89. The fourth-order valence-corrected chi connectivity index (χ4v) is 5.65. The van der Waals surface area contributed by atoms with E-state index in [1.54, 1.807) is 36.7 Å². The van der Waals surface area contributed by atoms with Crippen LogP contribution in [0.5, 0.6) is 0 Å². The normalized spacial score (nSPS) is 15.1. The van der Waals surface area contributed by atoms with Crippen LogP contribution in [0.4, 0.5) is 5.69 Å². The molecule has 0 saturated heterocycles. The van der Waals surface area contributed by atoms with Crippen LogP contribution in [-0.4, -0.2) is 44.2 Å². The van der Waals surface area contributed by atoms with Gasteiger partial charge in [0.05, 0.1) is 4.90 Å². The average Bonchev–Trinajstić information content (AvgIpc) is 3.29. The SMILES string of the molecule is CN(C1CCCCC1)S(=O)(=O)c1cccc(NC(=O)CCNC(=O)c2ccsc2)c1. The summed E-state index contributed by atoms with van der Waals surface area (Å²) in [5.41, 5.74) is 0.989. The Morgan fingerprint density at radius 1 is 1.17 bits per heavy atom. The zero-order valence-electron chi connectivity index (χ0n) is 17.0. The lowest BCUT2D eigenvalue weighted by atomic mass is 9.96. The standard InChI is InChI=1S/C21H27N3O4S2/c1-24(18-7-3-2-4-8-18)30(27,28)19-9-5-6-17(14-19)23-20(25)10-12-22-21(26)16-11-13-29-15-16/h5-6,9,11,13-15,18H,2-4,7-8,10,12H2,1H3,(H,22,26)(H,23,25). The van der Waals surface area contributed by atoms with Gasteiger partial charge in [0.25, 0.3) is 5.91 Å². The molecule has 0 atom stereocenters. The van der Waals surface area contributed by atoms with E-state index in [-0.39, 0.29) is 35.7 Å². The molecule has 7 nitrogen and oxygen atoms in total. The van der Waals surface area contributed by atoms with Crippen molar-refractivity contribution in [2.45, 2.75) is 49.5 Å². The molecule has 2 amide bonds. The average molecular weight is 450 g/mol. The van der Waals surface area contributed by atoms with Gasteiger partial charge in [-0.2, -0.15) is 15.6 Å². The van der Waals surface area contributed by atoms with Gasteiger partial charge in [0.2, 0.25) is 15.9 Å². The lowest BCUT2D eigenvalue weighted by Crippen LogP contribution is -2.38. The van der Waals surface area contributed by atoms with Crippen LogP contribution in [0.25, 0.3) is 0 Å². The molecule has 9 heteroatoms. The number of nitrogens with one attached hydrogen (secondary N) is 2. The topological polar surface area (TPSA) is 95.6 Å². The summed E-state index contributed by atoms with van der Waals surface area (Å²) in [4.78, 5) is 24.3. The summed E-state index contributed by atoms with van der Waals surface area (Å²) in [7, 11) is -1.99. The van der Waals surface area contributed by atoms with Crippen LogP contribution >= 0.6 is 11.3 Å². The first-order chi connectivity index (χ1) is 14.4. The summed E-state index contributed by atoms with van der Waals surface area (Å²) in [6.45, 7) is 0.197. The van der Waals surface area contributed by atoms with Crippen LogP contribution in [0.1, 0.15) is 48.9 Å². The molecule has 1 aliphatic carbocycles. The zero-order chi connectivity index (χ0) is 21.6. The molecule has 1 fully saturated rings. The highest BCUT2D eigenvalue weighted by Crippen LogP contribution is 2.27. The molecule has 2 N–H and O–H groups in total. The van der Waals surface area contributed by atoms with E-state index in [2.05, 4.69) is 10.6 Å². The molecule has 0 radical (unpaired) electrons. The molecule has 1 heterocycles. The Morgan fingerprint density at radius 3 is 2.63 bits per heavy atom. The lowest BCUT2D eigenvalue weighted by molar-refractivity contribution is -0.116. The summed E-state index contributed by atoms with van der Waals surface area (Å²) in [6, 6.07) is 8.05. The first-order valence-corrected chi connectivity index (χ1v) is 12.4. The summed E-state index contributed by atoms with van der Waals surface area (Å²) >= 11 is 1.43. The number of thiophene rings is 1. The second-order valence-corrected chi connectivity index (χ2v) is 10.2. The van der Waals surface area contributed by atoms with E-state index < -0.39 is 10.0 Å². The van der Waals surface area contributed by atoms with Crippen LogP contribution < -0.4 is 10.6 Å². The van der Waals surface area contributed by atoms with Crippen molar-refractivity contribution in [1.82, 2.24) is 9.62 Å². The molecule has 1 aromatic heterocycles. The first kappa shape index (κ1) is 22.5. The number of hydrogen-bond acceptors (Lipinski definition) is 5. The van der Waals surface area contributed by atoms with E-state index in [0.717, 1.165) is 32.1 Å². The number of hydrogen-bond donors (Lipinski definition) is 2. The maximum Gasteiger partial charge on any atom is 0.252 e. The van der Waals surface area contributed by atoms with E-state index in [0.29, 0.717) is 11.3 Å². The number of benzene rings is 1. The predicted molar refractivity (Wildman–Crippen MR) is 118 cm³/mol. The van der Waals surface area contributed by atoms with Crippen molar-refractivity contribution in [3.8, 4) is 0 Å². The Balaban J connectivity index is 1.56. The number of sulfonamides is 1. The van der Waals surface area contributed by atoms with Gasteiger partial charge in [0, 0.05) is 42.7 Å². The second-order valence-electron chi connectivity index (χ2n) is 7.41. The highest BCUT2D eigenvalue weighted by molar-refractivity contribution is 7.89. The van der Waals surface area contributed by atoms with E-state index in [4.69, 9.17) is 0 Å². The Labute approximate surface area is 181 Å². The lowest BCUT2D eigenvalue weighted by Gasteiger charge is -2.30. The number of nitrogens with zero attached hydrogens (tertiary/aromatic N) is 1. The van der Waals surface area contributed by atoms with E-state index in [1.165, 1.54) is 21.7 Å². The molecule has 30 heavy (non-hydrogen) atoms. The van der Waals surface area contributed by atoms with Gasteiger partial charge in [-0.1, -0.05) is 25.3 Å². The van der Waals surface area contributed by atoms with Crippen molar-refractivity contribution >= 4 is 38.9 Å². The molecule has 0 aliphatic heterocycles. The third kappa shape index (κ3) is 5.68. The highest BCUT2D eigenvalue weighted by atomic mass is 32.2. The first-order valence-electron chi connectivity index (χ1n) is 10.1. The van der Waals surface area contributed by atoms with Crippen LogP contribution in [-0.2, 0) is 14.8 Å². The van der Waals surface area contributed by atoms with Gasteiger partial charge in [-0.3, -0.25) is 9.59 Å². The number of anilines is 1. The van der Waals surface area contributed by atoms with Crippen molar-refractivity contribution in [3.63, 3.8) is 0 Å². The third-order valence-electron chi connectivity index (χ3n) is 5.30. The van der Waals surface area contributed by atoms with Crippen LogP contribution in [0, 0.1) is 0 Å². The van der Waals surface area contributed by atoms with Crippen molar-refractivity contribution in [2.24, 2.45) is 0 Å². The van der Waals surface area contributed by atoms with E-state index >= 15 is 0 Å². The minimum absolute atomic E-state index is 0.0221. The molecule has 1 saturated carbocycles. The Bertz CT molecular complexity index is 968. The highest BCUT2D eigenvalue weighted by Gasteiger charge is 2.29. The van der Waals surface area contributed by atoms with Crippen molar-refractivity contribution in [3.05, 3.63) is 46.7 Å². The Kier molecular flexibility index (Phi) is 7.63. The van der Waals surface area contributed by atoms with Crippen molar-refractivity contribution < 1.29 is 18.0 Å². The number of amides is 2. The molecule has 0 spiro atoms. The van der Waals surface area contributed by atoms with Gasteiger partial charge >= 0.3 is 0 Å². The Hall–Kier alpha value is -2.23. The molecule has 0 bridgehead atoms. The molecular weight excluding hydrogens is 422 g/mol. The summed E-state index contributed by atoms with van der Waals surface area (Å²) in [5, 5.41) is 8.96. The molecule has 3 rings (SSSR count). The molecule has 1 aliphatic rings.